The van der Waals surface area contributed by atoms with Crippen molar-refractivity contribution in [3.8, 4) is 17.6 Å². The smallest absolute Gasteiger partial charge is 0.266 e. The topological polar surface area (TPSA) is 71.3 Å². The normalized spacial score (nSPS) is 10.8. The lowest BCUT2D eigenvalue weighted by molar-refractivity contribution is -0.112. The number of aryl methyl sites for hydroxylation is 1. The van der Waals surface area contributed by atoms with Gasteiger partial charge in [0.15, 0.2) is 0 Å². The van der Waals surface area contributed by atoms with E-state index in [0.29, 0.717) is 36.0 Å². The summed E-state index contributed by atoms with van der Waals surface area (Å²) in [4.78, 5) is 12.8. The van der Waals surface area contributed by atoms with Crippen molar-refractivity contribution in [2.24, 2.45) is 0 Å². The van der Waals surface area contributed by atoms with Crippen LogP contribution >= 0.6 is 0 Å². The third kappa shape index (κ3) is 6.85. The zero-order valence-corrected chi connectivity index (χ0v) is 20.0. The molecule has 4 aromatic rings. The highest BCUT2D eigenvalue weighted by molar-refractivity contribution is 6.09. The minimum absolute atomic E-state index is 0.0222. The van der Waals surface area contributed by atoms with E-state index in [1.165, 1.54) is 6.08 Å². The van der Waals surface area contributed by atoms with Crippen LogP contribution in [-0.2, 0) is 18.0 Å². The maximum absolute atomic E-state index is 12.8. The molecule has 178 valence electrons. The van der Waals surface area contributed by atoms with Crippen molar-refractivity contribution < 1.29 is 14.3 Å². The molecule has 0 bridgehead atoms. The van der Waals surface area contributed by atoms with Crippen molar-refractivity contribution in [2.45, 2.75) is 20.1 Å². The van der Waals surface area contributed by atoms with Crippen LogP contribution in [0.2, 0.25) is 0 Å². The van der Waals surface area contributed by atoms with Crippen LogP contribution < -0.4 is 14.8 Å². The highest BCUT2D eigenvalue weighted by Crippen LogP contribution is 2.23. The minimum atomic E-state index is -0.496. The second-order valence-corrected chi connectivity index (χ2v) is 8.24. The molecular formula is C31H26N2O3. The lowest BCUT2D eigenvalue weighted by Gasteiger charge is -2.11. The van der Waals surface area contributed by atoms with Crippen LogP contribution in [0.15, 0.2) is 109 Å². The van der Waals surface area contributed by atoms with E-state index >= 15 is 0 Å². The first-order chi connectivity index (χ1) is 17.6. The summed E-state index contributed by atoms with van der Waals surface area (Å²) < 4.78 is 11.8. The Morgan fingerprint density at radius 3 is 2.28 bits per heavy atom. The van der Waals surface area contributed by atoms with Crippen molar-refractivity contribution in [1.82, 2.24) is 0 Å². The Bertz CT molecular complexity index is 1390. The maximum Gasteiger partial charge on any atom is 0.266 e. The Kier molecular flexibility index (Phi) is 8.14. The van der Waals surface area contributed by atoms with Crippen molar-refractivity contribution in [3.05, 3.63) is 131 Å². The van der Waals surface area contributed by atoms with Gasteiger partial charge in [-0.05, 0) is 54.5 Å². The van der Waals surface area contributed by atoms with Crippen LogP contribution in [0.3, 0.4) is 0 Å². The van der Waals surface area contributed by atoms with Crippen molar-refractivity contribution >= 4 is 17.7 Å². The summed E-state index contributed by atoms with van der Waals surface area (Å²) >= 11 is 0. The predicted molar refractivity (Wildman–Crippen MR) is 141 cm³/mol. The molecule has 0 spiro atoms. The molecule has 0 aliphatic rings. The highest BCUT2D eigenvalue weighted by atomic mass is 16.5. The van der Waals surface area contributed by atoms with Gasteiger partial charge >= 0.3 is 0 Å². The monoisotopic (exact) mass is 474 g/mol. The molecule has 5 nitrogen and oxygen atoms in total. The summed E-state index contributed by atoms with van der Waals surface area (Å²) in [6.07, 6.45) is 1.54. The lowest BCUT2D eigenvalue weighted by atomic mass is 10.1. The SMILES string of the molecule is Cc1cccc(COc2ccccc2/C=C(\C#N)C(=O)Nc2ccc(OCc3ccccc3)cc2)c1. The number of nitriles is 1. The standard InChI is InChI=1S/C31H26N2O3/c1-23-8-7-11-25(18-23)22-36-30-13-6-5-12-26(30)19-27(20-32)31(34)33-28-14-16-29(17-15-28)35-21-24-9-3-2-4-10-24/h2-19H,21-22H2,1H3,(H,33,34)/b27-19+. The van der Waals surface area contributed by atoms with E-state index in [1.807, 2.05) is 85.8 Å². The first-order valence-corrected chi connectivity index (χ1v) is 11.6. The van der Waals surface area contributed by atoms with Gasteiger partial charge in [-0.15, -0.1) is 0 Å². The average molecular weight is 475 g/mol. The van der Waals surface area contributed by atoms with E-state index in [1.54, 1.807) is 24.3 Å². The molecule has 0 aliphatic carbocycles. The molecular weight excluding hydrogens is 448 g/mol. The number of nitrogens with one attached hydrogen (secondary N) is 1. The van der Waals surface area contributed by atoms with Gasteiger partial charge in [0.1, 0.15) is 36.4 Å². The Balaban J connectivity index is 1.40. The summed E-state index contributed by atoms with van der Waals surface area (Å²) in [6, 6.07) is 34.3. The number of hydrogen-bond donors (Lipinski definition) is 1. The molecule has 0 heterocycles. The van der Waals surface area contributed by atoms with Gasteiger partial charge in [0.25, 0.3) is 5.91 Å². The molecule has 0 saturated heterocycles. The predicted octanol–water partition coefficient (Wildman–Crippen LogP) is 6.70. The summed E-state index contributed by atoms with van der Waals surface area (Å²) in [6.45, 7) is 2.88. The first-order valence-electron chi connectivity index (χ1n) is 11.6. The number of nitrogens with zero attached hydrogens (tertiary/aromatic N) is 1. The molecule has 0 aromatic heterocycles. The molecule has 4 aromatic carbocycles. The second kappa shape index (κ2) is 12.0. The zero-order valence-electron chi connectivity index (χ0n) is 20.0. The molecule has 0 atom stereocenters. The Labute approximate surface area is 211 Å². The number of para-hydroxylation sites is 1. The number of carbonyl (C=O) groups is 1. The number of amides is 1. The highest BCUT2D eigenvalue weighted by Gasteiger charge is 2.12. The molecule has 0 aliphatic heterocycles. The summed E-state index contributed by atoms with van der Waals surface area (Å²) in [5.74, 6) is 0.788. The average Bonchev–Trinajstić information content (AvgIpc) is 2.91. The molecule has 1 N–H and O–H groups in total. The Morgan fingerprint density at radius 1 is 0.833 bits per heavy atom. The molecule has 1 amide bonds. The lowest BCUT2D eigenvalue weighted by Crippen LogP contribution is -2.13. The van der Waals surface area contributed by atoms with Crippen LogP contribution in [0.4, 0.5) is 5.69 Å². The number of anilines is 1. The van der Waals surface area contributed by atoms with E-state index in [0.717, 1.165) is 16.7 Å². The van der Waals surface area contributed by atoms with Gasteiger partial charge in [-0.3, -0.25) is 4.79 Å². The van der Waals surface area contributed by atoms with Gasteiger partial charge in [-0.2, -0.15) is 5.26 Å². The van der Waals surface area contributed by atoms with Gasteiger partial charge in [0.05, 0.1) is 0 Å². The third-order valence-electron chi connectivity index (χ3n) is 5.42. The van der Waals surface area contributed by atoms with Gasteiger partial charge in [-0.25, -0.2) is 0 Å². The van der Waals surface area contributed by atoms with Crippen molar-refractivity contribution in [1.29, 1.82) is 5.26 Å². The Morgan fingerprint density at radius 2 is 1.53 bits per heavy atom. The fourth-order valence-electron chi connectivity index (χ4n) is 3.57. The fourth-order valence-corrected chi connectivity index (χ4v) is 3.57. The quantitative estimate of drug-likeness (QED) is 0.216. The summed E-state index contributed by atoms with van der Waals surface area (Å²) in [5.41, 5.74) is 4.47. The second-order valence-electron chi connectivity index (χ2n) is 8.24. The van der Waals surface area contributed by atoms with Crippen LogP contribution in [0.1, 0.15) is 22.3 Å². The van der Waals surface area contributed by atoms with Crippen LogP contribution in [0, 0.1) is 18.3 Å². The number of ether oxygens (including phenoxy) is 2. The van der Waals surface area contributed by atoms with E-state index in [2.05, 4.69) is 11.4 Å². The van der Waals surface area contributed by atoms with E-state index in [4.69, 9.17) is 9.47 Å². The molecule has 36 heavy (non-hydrogen) atoms. The largest absolute Gasteiger partial charge is 0.489 e. The minimum Gasteiger partial charge on any atom is -0.489 e. The fraction of sp³-hybridized carbons (Fsp3) is 0.0968. The number of benzene rings is 4. The molecule has 0 fully saturated rings. The van der Waals surface area contributed by atoms with Gasteiger partial charge < -0.3 is 14.8 Å². The molecule has 0 radical (unpaired) electrons. The molecule has 4 rings (SSSR count). The molecule has 0 unspecified atom stereocenters. The van der Waals surface area contributed by atoms with E-state index < -0.39 is 5.91 Å². The van der Waals surface area contributed by atoms with Gasteiger partial charge in [0, 0.05) is 11.3 Å². The number of carbonyl (C=O) groups excluding carboxylic acids is 1. The maximum atomic E-state index is 12.8. The molecule has 0 saturated carbocycles. The van der Waals surface area contributed by atoms with Crippen LogP contribution in [-0.4, -0.2) is 5.91 Å². The summed E-state index contributed by atoms with van der Waals surface area (Å²) in [5, 5.41) is 12.4. The first kappa shape index (κ1) is 24.3. The van der Waals surface area contributed by atoms with Crippen LogP contribution in [0.5, 0.6) is 11.5 Å². The number of rotatable bonds is 9. The molecule has 5 heteroatoms. The van der Waals surface area contributed by atoms with Crippen molar-refractivity contribution in [3.63, 3.8) is 0 Å². The third-order valence-corrected chi connectivity index (χ3v) is 5.42. The van der Waals surface area contributed by atoms with Gasteiger partial charge in [-0.1, -0.05) is 78.4 Å². The number of hydrogen-bond acceptors (Lipinski definition) is 4. The Hall–Kier alpha value is -4.82. The van der Waals surface area contributed by atoms with Gasteiger partial charge in [0.2, 0.25) is 0 Å². The van der Waals surface area contributed by atoms with E-state index in [9.17, 15) is 10.1 Å². The zero-order chi connectivity index (χ0) is 25.2. The van der Waals surface area contributed by atoms with E-state index in [-0.39, 0.29) is 5.57 Å². The summed E-state index contributed by atoms with van der Waals surface area (Å²) in [7, 11) is 0. The van der Waals surface area contributed by atoms with Crippen LogP contribution in [0.25, 0.3) is 6.08 Å². The van der Waals surface area contributed by atoms with Crippen molar-refractivity contribution in [2.75, 3.05) is 5.32 Å².